The fraction of sp³-hybridized carbons (Fsp3) is 0.625. The number of carbonyl (C=O) groups is 4. The predicted molar refractivity (Wildman–Crippen MR) is 107 cm³/mol. The van der Waals surface area contributed by atoms with Crippen LogP contribution in [0.2, 0.25) is 0 Å². The van der Waals surface area contributed by atoms with Crippen LogP contribution >= 0.6 is 36.2 Å². The molecule has 160 valence electrons. The smallest absolute Gasteiger partial charge is 0.303 e. The molecule has 2 rings (SSSR count). The lowest BCUT2D eigenvalue weighted by Gasteiger charge is -2.48. The monoisotopic (exact) mass is 465 g/mol. The Bertz CT molecular complexity index is 758. The molecule has 0 aromatic rings. The minimum atomic E-state index is -1.57. The first-order chi connectivity index (χ1) is 13.5. The molecule has 2 saturated heterocycles. The van der Waals surface area contributed by atoms with Gasteiger partial charge in [0, 0.05) is 27.7 Å². The number of rotatable bonds is 5. The molecule has 0 aliphatic carbocycles. The summed E-state index contributed by atoms with van der Waals surface area (Å²) in [7, 11) is 0. The number of thiocarbonyl (C=S) groups is 2. The van der Waals surface area contributed by atoms with E-state index in [2.05, 4.69) is 5.32 Å². The van der Waals surface area contributed by atoms with Crippen LogP contribution in [0.1, 0.15) is 27.7 Å². The minimum Gasteiger partial charge on any atom is -0.463 e. The minimum absolute atomic E-state index is 0.0741. The first-order valence-electron chi connectivity index (χ1n) is 8.33. The summed E-state index contributed by atoms with van der Waals surface area (Å²) < 4.78 is 27.4. The summed E-state index contributed by atoms with van der Waals surface area (Å²) in [5.74, 6) is -2.75. The van der Waals surface area contributed by atoms with Crippen molar-refractivity contribution in [2.75, 3.05) is 6.61 Å². The largest absolute Gasteiger partial charge is 0.463 e. The molecule has 2 aliphatic heterocycles. The van der Waals surface area contributed by atoms with Gasteiger partial charge in [-0.25, -0.2) is 0 Å². The van der Waals surface area contributed by atoms with Crippen LogP contribution in [-0.4, -0.2) is 69.1 Å². The van der Waals surface area contributed by atoms with Crippen LogP contribution in [0.5, 0.6) is 0 Å². The summed E-state index contributed by atoms with van der Waals surface area (Å²) in [6.45, 7) is 4.29. The summed E-state index contributed by atoms with van der Waals surface area (Å²) >= 11 is 11.4. The number of esters is 4. The third-order valence-corrected chi connectivity index (χ3v) is 5.82. The van der Waals surface area contributed by atoms with Gasteiger partial charge in [0.1, 0.15) is 22.0 Å². The Morgan fingerprint density at radius 1 is 0.966 bits per heavy atom. The lowest BCUT2D eigenvalue weighted by Crippen LogP contribution is -2.68. The van der Waals surface area contributed by atoms with Crippen molar-refractivity contribution in [1.29, 1.82) is 0 Å². The molecule has 2 fully saturated rings. The Labute approximate surface area is 181 Å². The Kier molecular flexibility index (Phi) is 7.54. The van der Waals surface area contributed by atoms with Crippen molar-refractivity contribution >= 4 is 69.4 Å². The predicted octanol–water partition coefficient (Wildman–Crippen LogP) is 0.388. The van der Waals surface area contributed by atoms with Gasteiger partial charge in [-0.1, -0.05) is 36.2 Å². The van der Waals surface area contributed by atoms with Crippen LogP contribution in [0.4, 0.5) is 0 Å². The molecule has 5 atom stereocenters. The second kappa shape index (κ2) is 9.32. The molecule has 13 heteroatoms. The van der Waals surface area contributed by atoms with Crippen molar-refractivity contribution in [3.05, 3.63) is 0 Å². The van der Waals surface area contributed by atoms with Crippen molar-refractivity contribution in [2.45, 2.75) is 57.0 Å². The lowest BCUT2D eigenvalue weighted by molar-refractivity contribution is -0.247. The third kappa shape index (κ3) is 5.41. The molecule has 0 aromatic heterocycles. The standard InChI is InChI=1S/C16H19NO9S3/c1-6(18)22-5-10-11(23-7(2)19)12(24-8(3)20)13(25-9(4)21)16(26-10)14(27)17-15(28)29-16/h10-13H,5H2,1-4H3,(H,17,27,28)/t10-,11+,12+,13-,16-/m1/s1. The van der Waals surface area contributed by atoms with E-state index in [4.69, 9.17) is 48.1 Å². The van der Waals surface area contributed by atoms with E-state index in [1.165, 1.54) is 6.92 Å². The molecule has 0 unspecified atom stereocenters. The molecule has 1 N–H and O–H groups in total. The maximum Gasteiger partial charge on any atom is 0.303 e. The van der Waals surface area contributed by atoms with Crippen molar-refractivity contribution in [2.24, 2.45) is 0 Å². The zero-order valence-electron chi connectivity index (χ0n) is 15.9. The molecule has 29 heavy (non-hydrogen) atoms. The number of nitrogens with one attached hydrogen (secondary N) is 1. The Morgan fingerprint density at radius 2 is 1.52 bits per heavy atom. The maximum absolute atomic E-state index is 11.8. The number of carbonyl (C=O) groups excluding carboxylic acids is 4. The summed E-state index contributed by atoms with van der Waals surface area (Å²) in [5.41, 5.74) is 0. The summed E-state index contributed by atoms with van der Waals surface area (Å²) in [4.78, 5) is 45.1. The Hall–Kier alpha value is -1.83. The van der Waals surface area contributed by atoms with Crippen LogP contribution in [-0.2, 0) is 42.9 Å². The van der Waals surface area contributed by atoms with Gasteiger partial charge in [-0.05, 0) is 0 Å². The number of thioether (sulfide) groups is 1. The van der Waals surface area contributed by atoms with Crippen molar-refractivity contribution in [3.63, 3.8) is 0 Å². The molecular weight excluding hydrogens is 446 g/mol. The van der Waals surface area contributed by atoms with E-state index >= 15 is 0 Å². The number of hydrogen-bond acceptors (Lipinski definition) is 12. The molecule has 2 heterocycles. The quantitative estimate of drug-likeness (QED) is 0.342. The first kappa shape index (κ1) is 23.4. The normalized spacial score (nSPS) is 31.0. The van der Waals surface area contributed by atoms with Gasteiger partial charge in [-0.15, -0.1) is 0 Å². The molecule has 0 bridgehead atoms. The van der Waals surface area contributed by atoms with E-state index in [-0.39, 0.29) is 15.9 Å². The SMILES string of the molecule is CC(=O)OC[C@H]1O[C@@]2(SC(=S)NC2=S)[C@H](OC(C)=O)[C@@H](OC(C)=O)[C@H]1OC(C)=O. The van der Waals surface area contributed by atoms with Gasteiger partial charge in [0.05, 0.1) is 0 Å². The number of hydrogen-bond donors (Lipinski definition) is 1. The van der Waals surface area contributed by atoms with Crippen LogP contribution in [0.15, 0.2) is 0 Å². The van der Waals surface area contributed by atoms with Gasteiger partial charge in [0.2, 0.25) is 4.93 Å². The zero-order chi connectivity index (χ0) is 21.9. The fourth-order valence-corrected chi connectivity index (χ4v) is 4.96. The van der Waals surface area contributed by atoms with Gasteiger partial charge in [0.25, 0.3) is 0 Å². The van der Waals surface area contributed by atoms with Crippen LogP contribution < -0.4 is 5.32 Å². The lowest BCUT2D eigenvalue weighted by atomic mass is 9.93. The zero-order valence-corrected chi connectivity index (χ0v) is 18.4. The van der Waals surface area contributed by atoms with Gasteiger partial charge in [-0.3, -0.25) is 19.2 Å². The third-order valence-electron chi connectivity index (χ3n) is 3.81. The van der Waals surface area contributed by atoms with Crippen molar-refractivity contribution in [3.8, 4) is 0 Å². The van der Waals surface area contributed by atoms with E-state index in [9.17, 15) is 19.2 Å². The van der Waals surface area contributed by atoms with Gasteiger partial charge in [-0.2, -0.15) is 0 Å². The van der Waals surface area contributed by atoms with Gasteiger partial charge < -0.3 is 29.0 Å². The van der Waals surface area contributed by atoms with Crippen LogP contribution in [0, 0.1) is 0 Å². The van der Waals surface area contributed by atoms with Crippen molar-refractivity contribution in [1.82, 2.24) is 5.32 Å². The van der Waals surface area contributed by atoms with E-state index in [1.54, 1.807) is 0 Å². The van der Waals surface area contributed by atoms with E-state index in [0.717, 1.165) is 32.5 Å². The highest BCUT2D eigenvalue weighted by Crippen LogP contribution is 2.46. The van der Waals surface area contributed by atoms with E-state index < -0.39 is 53.2 Å². The molecule has 2 aliphatic rings. The molecular formula is C16H19NO9S3. The molecule has 1 spiro atoms. The fourth-order valence-electron chi connectivity index (χ4n) is 2.92. The van der Waals surface area contributed by atoms with E-state index in [1.807, 2.05) is 0 Å². The second-order valence-electron chi connectivity index (χ2n) is 6.15. The maximum atomic E-state index is 11.8. The van der Waals surface area contributed by atoms with Crippen LogP contribution in [0.25, 0.3) is 0 Å². The highest BCUT2D eigenvalue weighted by molar-refractivity contribution is 8.25. The molecule has 0 saturated carbocycles. The average Bonchev–Trinajstić information content (AvgIpc) is 2.85. The number of ether oxygens (including phenoxy) is 5. The van der Waals surface area contributed by atoms with Crippen LogP contribution in [0.3, 0.4) is 0 Å². The highest BCUT2D eigenvalue weighted by Gasteiger charge is 2.65. The summed E-state index contributed by atoms with van der Waals surface area (Å²) in [6, 6.07) is 0. The van der Waals surface area contributed by atoms with Gasteiger partial charge >= 0.3 is 23.9 Å². The van der Waals surface area contributed by atoms with E-state index in [0.29, 0.717) is 0 Å². The molecule has 0 aromatic carbocycles. The van der Waals surface area contributed by atoms with Crippen molar-refractivity contribution < 1.29 is 42.9 Å². The first-order valence-corrected chi connectivity index (χ1v) is 9.97. The second-order valence-corrected chi connectivity index (χ2v) is 8.44. The average molecular weight is 466 g/mol. The van der Waals surface area contributed by atoms with Gasteiger partial charge in [0.15, 0.2) is 18.3 Å². The summed E-state index contributed by atoms with van der Waals surface area (Å²) in [6.07, 6.45) is -4.94. The highest BCUT2D eigenvalue weighted by atomic mass is 32.2. The Morgan fingerprint density at radius 3 is 1.97 bits per heavy atom. The molecule has 0 radical (unpaired) electrons. The Balaban J connectivity index is 2.56. The molecule has 0 amide bonds. The topological polar surface area (TPSA) is 126 Å². The summed E-state index contributed by atoms with van der Waals surface area (Å²) in [5, 5.41) is 2.75. The molecule has 10 nitrogen and oxygen atoms in total.